The number of anilines is 1. The fourth-order valence-electron chi connectivity index (χ4n) is 4.13. The van der Waals surface area contributed by atoms with Crippen molar-refractivity contribution in [3.8, 4) is 0 Å². The number of para-hydroxylation sites is 1. The van der Waals surface area contributed by atoms with E-state index in [1.165, 1.54) is 0 Å². The minimum Gasteiger partial charge on any atom is -0.379 e. The molecule has 1 unspecified atom stereocenters. The molecule has 2 aliphatic heterocycles. The molecular formula is C23H39FN6O. The van der Waals surface area contributed by atoms with Crippen LogP contribution in [0.4, 0.5) is 10.1 Å². The summed E-state index contributed by atoms with van der Waals surface area (Å²) in [6.45, 7) is 15.2. The Morgan fingerprint density at radius 1 is 1.10 bits per heavy atom. The summed E-state index contributed by atoms with van der Waals surface area (Å²) >= 11 is 0. The Hall–Kier alpha value is -1.90. The SMILES string of the molecule is CCNC(=NCC(C)N1CCOCC1)NCCCN1CCN(c2ccccc2F)CC1. The van der Waals surface area contributed by atoms with Crippen molar-refractivity contribution >= 4 is 11.6 Å². The van der Waals surface area contributed by atoms with Crippen LogP contribution in [0.1, 0.15) is 20.3 Å². The van der Waals surface area contributed by atoms with Gasteiger partial charge in [-0.15, -0.1) is 0 Å². The van der Waals surface area contributed by atoms with E-state index in [2.05, 4.69) is 39.2 Å². The number of guanidine groups is 1. The summed E-state index contributed by atoms with van der Waals surface area (Å²) in [4.78, 5) is 11.8. The second kappa shape index (κ2) is 12.8. The van der Waals surface area contributed by atoms with Crippen molar-refractivity contribution < 1.29 is 9.13 Å². The van der Waals surface area contributed by atoms with Gasteiger partial charge in [0.05, 0.1) is 25.4 Å². The molecule has 0 amide bonds. The average Bonchev–Trinajstić information content (AvgIpc) is 2.81. The Morgan fingerprint density at radius 2 is 1.84 bits per heavy atom. The van der Waals surface area contributed by atoms with Gasteiger partial charge in [0.2, 0.25) is 0 Å². The van der Waals surface area contributed by atoms with Crippen molar-refractivity contribution in [2.45, 2.75) is 26.3 Å². The van der Waals surface area contributed by atoms with Gasteiger partial charge in [0.1, 0.15) is 5.82 Å². The maximum atomic E-state index is 14.0. The molecule has 7 nitrogen and oxygen atoms in total. The van der Waals surface area contributed by atoms with Crippen LogP contribution in [0.3, 0.4) is 0 Å². The molecule has 1 aromatic rings. The topological polar surface area (TPSA) is 55.4 Å². The Balaban J connectivity index is 1.34. The predicted molar refractivity (Wildman–Crippen MR) is 126 cm³/mol. The van der Waals surface area contributed by atoms with Crippen LogP contribution >= 0.6 is 0 Å². The molecule has 2 N–H and O–H groups in total. The molecule has 1 aromatic carbocycles. The van der Waals surface area contributed by atoms with Gasteiger partial charge in [0, 0.05) is 58.4 Å². The number of piperazine rings is 1. The fraction of sp³-hybridized carbons (Fsp3) is 0.696. The van der Waals surface area contributed by atoms with E-state index < -0.39 is 0 Å². The predicted octanol–water partition coefficient (Wildman–Crippen LogP) is 1.61. The van der Waals surface area contributed by atoms with E-state index in [9.17, 15) is 4.39 Å². The van der Waals surface area contributed by atoms with Gasteiger partial charge in [0.25, 0.3) is 0 Å². The first-order valence-electron chi connectivity index (χ1n) is 11.7. The van der Waals surface area contributed by atoms with Crippen molar-refractivity contribution in [3.63, 3.8) is 0 Å². The lowest BCUT2D eigenvalue weighted by molar-refractivity contribution is 0.0220. The number of nitrogens with zero attached hydrogens (tertiary/aromatic N) is 4. The van der Waals surface area contributed by atoms with Gasteiger partial charge < -0.3 is 20.3 Å². The molecule has 8 heteroatoms. The molecule has 0 radical (unpaired) electrons. The lowest BCUT2D eigenvalue weighted by Gasteiger charge is -2.36. The number of morpholine rings is 1. The summed E-state index contributed by atoms with van der Waals surface area (Å²) in [5.41, 5.74) is 0.724. The summed E-state index contributed by atoms with van der Waals surface area (Å²) in [5, 5.41) is 6.82. The molecule has 0 bridgehead atoms. The van der Waals surface area contributed by atoms with Crippen molar-refractivity contribution in [3.05, 3.63) is 30.1 Å². The van der Waals surface area contributed by atoms with Gasteiger partial charge in [-0.05, 0) is 38.9 Å². The second-order valence-electron chi connectivity index (χ2n) is 8.28. The fourth-order valence-corrected chi connectivity index (χ4v) is 4.13. The van der Waals surface area contributed by atoms with Crippen molar-refractivity contribution in [2.24, 2.45) is 4.99 Å². The number of halogens is 1. The Bertz CT molecular complexity index is 674. The molecule has 0 spiro atoms. The summed E-state index contributed by atoms with van der Waals surface area (Å²) in [6, 6.07) is 7.48. The maximum absolute atomic E-state index is 14.0. The number of hydrogen-bond acceptors (Lipinski definition) is 5. The lowest BCUT2D eigenvalue weighted by atomic mass is 10.2. The summed E-state index contributed by atoms with van der Waals surface area (Å²) in [7, 11) is 0. The van der Waals surface area contributed by atoms with Crippen LogP contribution < -0.4 is 15.5 Å². The highest BCUT2D eigenvalue weighted by molar-refractivity contribution is 5.79. The molecule has 0 saturated carbocycles. The molecule has 0 aliphatic carbocycles. The minimum atomic E-state index is -0.127. The zero-order chi connectivity index (χ0) is 21.9. The minimum absolute atomic E-state index is 0.127. The Morgan fingerprint density at radius 3 is 2.55 bits per heavy atom. The largest absolute Gasteiger partial charge is 0.379 e. The van der Waals surface area contributed by atoms with E-state index in [0.29, 0.717) is 6.04 Å². The van der Waals surface area contributed by atoms with Gasteiger partial charge >= 0.3 is 0 Å². The molecule has 2 fully saturated rings. The van der Waals surface area contributed by atoms with Crippen LogP contribution in [0.5, 0.6) is 0 Å². The average molecular weight is 435 g/mol. The molecule has 1 atom stereocenters. The van der Waals surface area contributed by atoms with Crippen LogP contribution in [0, 0.1) is 5.82 Å². The summed E-state index contributed by atoms with van der Waals surface area (Å²) in [6.07, 6.45) is 1.06. The van der Waals surface area contributed by atoms with E-state index in [4.69, 9.17) is 9.73 Å². The van der Waals surface area contributed by atoms with E-state index in [1.54, 1.807) is 12.1 Å². The van der Waals surface area contributed by atoms with Crippen molar-refractivity contribution in [2.75, 3.05) is 83.6 Å². The Labute approximate surface area is 186 Å². The third-order valence-electron chi connectivity index (χ3n) is 6.04. The van der Waals surface area contributed by atoms with Gasteiger partial charge in [-0.3, -0.25) is 14.8 Å². The van der Waals surface area contributed by atoms with E-state index in [0.717, 1.165) is 96.7 Å². The van der Waals surface area contributed by atoms with Crippen LogP contribution in [0.25, 0.3) is 0 Å². The van der Waals surface area contributed by atoms with E-state index >= 15 is 0 Å². The van der Waals surface area contributed by atoms with E-state index in [1.807, 2.05) is 12.1 Å². The zero-order valence-corrected chi connectivity index (χ0v) is 19.2. The number of nitrogens with one attached hydrogen (secondary N) is 2. The standard InChI is InChI=1S/C23H39FN6O/c1-3-25-23(27-19-20(2)29-15-17-31-18-16-29)26-9-6-10-28-11-13-30(14-12-28)22-8-5-4-7-21(22)24/h4-5,7-8,20H,3,6,9-19H2,1-2H3,(H2,25,26,27). The molecular weight excluding hydrogens is 395 g/mol. The van der Waals surface area contributed by atoms with E-state index in [-0.39, 0.29) is 5.82 Å². The van der Waals surface area contributed by atoms with Crippen LogP contribution in [-0.4, -0.2) is 100 Å². The normalized spacial score (nSPS) is 20.0. The number of benzene rings is 1. The van der Waals surface area contributed by atoms with Gasteiger partial charge in [-0.1, -0.05) is 12.1 Å². The zero-order valence-electron chi connectivity index (χ0n) is 19.2. The van der Waals surface area contributed by atoms with Crippen LogP contribution in [0.2, 0.25) is 0 Å². The molecule has 3 rings (SSSR count). The summed E-state index contributed by atoms with van der Waals surface area (Å²) < 4.78 is 19.4. The maximum Gasteiger partial charge on any atom is 0.191 e. The molecule has 2 saturated heterocycles. The summed E-state index contributed by atoms with van der Waals surface area (Å²) in [5.74, 6) is 0.769. The van der Waals surface area contributed by atoms with Crippen LogP contribution in [0.15, 0.2) is 29.3 Å². The number of rotatable bonds is 9. The first-order chi connectivity index (χ1) is 15.2. The molecule has 31 heavy (non-hydrogen) atoms. The molecule has 2 heterocycles. The lowest BCUT2D eigenvalue weighted by Crippen LogP contribution is -2.47. The third-order valence-corrected chi connectivity index (χ3v) is 6.04. The third kappa shape index (κ3) is 7.63. The first kappa shape index (κ1) is 23.8. The smallest absolute Gasteiger partial charge is 0.191 e. The monoisotopic (exact) mass is 434 g/mol. The molecule has 2 aliphatic rings. The Kier molecular flexibility index (Phi) is 9.84. The molecule has 0 aromatic heterocycles. The van der Waals surface area contributed by atoms with Gasteiger partial charge in [0.15, 0.2) is 5.96 Å². The van der Waals surface area contributed by atoms with Gasteiger partial charge in [-0.2, -0.15) is 0 Å². The molecule has 174 valence electrons. The van der Waals surface area contributed by atoms with Crippen LogP contribution in [-0.2, 0) is 4.74 Å². The number of aliphatic imine (C=N–C) groups is 1. The highest BCUT2D eigenvalue weighted by Gasteiger charge is 2.19. The highest BCUT2D eigenvalue weighted by Crippen LogP contribution is 2.20. The highest BCUT2D eigenvalue weighted by atomic mass is 19.1. The quantitative estimate of drug-likeness (QED) is 0.350. The van der Waals surface area contributed by atoms with Gasteiger partial charge in [-0.25, -0.2) is 4.39 Å². The van der Waals surface area contributed by atoms with Crippen molar-refractivity contribution in [1.82, 2.24) is 20.4 Å². The van der Waals surface area contributed by atoms with Crippen molar-refractivity contribution in [1.29, 1.82) is 0 Å². The second-order valence-corrected chi connectivity index (χ2v) is 8.28. The number of hydrogen-bond donors (Lipinski definition) is 2. The first-order valence-corrected chi connectivity index (χ1v) is 11.7. The number of ether oxygens (including phenoxy) is 1.